The number of fused-ring (bicyclic) bond motifs is 18. The van der Waals surface area contributed by atoms with E-state index in [4.69, 9.17) is 19.9 Å². The van der Waals surface area contributed by atoms with Crippen LogP contribution < -0.4 is 5.46 Å². The van der Waals surface area contributed by atoms with Gasteiger partial charge in [-0.3, -0.25) is 9.97 Å². The Balaban J connectivity index is 0.000000119. The number of hydrogen-bond donors (Lipinski definition) is 2. The second-order valence-corrected chi connectivity index (χ2v) is 28.4. The van der Waals surface area contributed by atoms with Crippen molar-refractivity contribution in [2.24, 2.45) is 0 Å². The lowest BCUT2D eigenvalue weighted by Gasteiger charge is -2.11. The summed E-state index contributed by atoms with van der Waals surface area (Å²) in [4.78, 5) is 20.0. The topological polar surface area (TPSA) is 92.0 Å². The predicted octanol–water partition coefficient (Wildman–Crippen LogP) is 24.4. The number of benzene rings is 16. The molecule has 0 saturated heterocycles. The van der Waals surface area contributed by atoms with Gasteiger partial charge in [0, 0.05) is 77.5 Å². The maximum Gasteiger partial charge on any atom is 0.488 e. The molecule has 16 aromatic carbocycles. The lowest BCUT2D eigenvalue weighted by Crippen LogP contribution is -2.29. The third-order valence-electron chi connectivity index (χ3n) is 19.4. The minimum atomic E-state index is -1.47. The zero-order valence-corrected chi connectivity index (χ0v) is 58.0. The minimum Gasteiger partial charge on any atom is -0.423 e. The smallest absolute Gasteiger partial charge is 0.423 e. The summed E-state index contributed by atoms with van der Waals surface area (Å²) in [5.41, 5.74) is 20.0. The van der Waals surface area contributed by atoms with Crippen molar-refractivity contribution in [1.82, 2.24) is 19.9 Å². The molecule has 20 rings (SSSR count). The predicted molar refractivity (Wildman–Crippen MR) is 437 cm³/mol. The normalized spacial score (nSPS) is 11.5. The van der Waals surface area contributed by atoms with Crippen molar-refractivity contribution in [3.05, 3.63) is 344 Å². The van der Waals surface area contributed by atoms with Gasteiger partial charge in [-0.05, 0) is 107 Å². The highest BCUT2D eigenvalue weighted by molar-refractivity contribution is 9.10. The van der Waals surface area contributed by atoms with Crippen LogP contribution >= 0.6 is 38.6 Å². The Morgan fingerprint density at radius 1 is 0.245 bits per heavy atom. The highest BCUT2D eigenvalue weighted by atomic mass is 79.9. The summed E-state index contributed by atoms with van der Waals surface area (Å²) in [6.45, 7) is 0. The van der Waals surface area contributed by atoms with Gasteiger partial charge in [-0.15, -0.1) is 22.7 Å². The van der Waals surface area contributed by atoms with Gasteiger partial charge >= 0.3 is 7.12 Å². The molecule has 0 fully saturated rings. The lowest BCUT2D eigenvalue weighted by atomic mass is 9.79. The van der Waals surface area contributed by atoms with E-state index in [0.29, 0.717) is 5.46 Å². The van der Waals surface area contributed by atoms with Crippen molar-refractivity contribution >= 4 is 157 Å². The van der Waals surface area contributed by atoms with E-state index >= 15 is 0 Å². The average Bonchev–Trinajstić information content (AvgIpc) is 0.872. The minimum absolute atomic E-state index is 0.501. The van der Waals surface area contributed by atoms with Gasteiger partial charge in [-0.25, -0.2) is 9.97 Å². The van der Waals surface area contributed by atoms with Crippen LogP contribution in [0.2, 0.25) is 0 Å². The molecule has 102 heavy (non-hydrogen) atoms. The Morgan fingerprint density at radius 3 is 0.951 bits per heavy atom. The monoisotopic (exact) mass is 1400 g/mol. The van der Waals surface area contributed by atoms with Crippen LogP contribution in [0.15, 0.2) is 344 Å². The van der Waals surface area contributed by atoms with Crippen molar-refractivity contribution in [2.75, 3.05) is 0 Å². The molecule has 0 amide bonds. The number of rotatable bonds is 8. The number of thiophene rings is 2. The van der Waals surface area contributed by atoms with Gasteiger partial charge in [0.2, 0.25) is 0 Å². The Morgan fingerprint density at radius 2 is 0.539 bits per heavy atom. The molecule has 4 heterocycles. The molecule has 480 valence electrons. The molecule has 0 aliphatic heterocycles. The van der Waals surface area contributed by atoms with Crippen LogP contribution in [0.4, 0.5) is 0 Å². The summed E-state index contributed by atoms with van der Waals surface area (Å²) in [7, 11) is -1.47. The van der Waals surface area contributed by atoms with E-state index < -0.39 is 7.12 Å². The first kappa shape index (κ1) is 62.4. The number of nitrogens with zero attached hydrogens (tertiary/aromatic N) is 4. The van der Waals surface area contributed by atoms with Crippen molar-refractivity contribution < 1.29 is 10.0 Å². The maximum atomic E-state index is 9.54. The Kier molecular flexibility index (Phi) is 16.3. The second kappa shape index (κ2) is 26.7. The van der Waals surface area contributed by atoms with Crippen LogP contribution in [0.5, 0.6) is 0 Å². The molecule has 6 nitrogen and oxygen atoms in total. The van der Waals surface area contributed by atoms with Crippen LogP contribution in [-0.4, -0.2) is 37.1 Å². The van der Waals surface area contributed by atoms with Crippen LogP contribution in [0.25, 0.3) is 184 Å². The van der Waals surface area contributed by atoms with Crippen molar-refractivity contribution in [2.45, 2.75) is 0 Å². The van der Waals surface area contributed by atoms with Crippen molar-refractivity contribution in [3.63, 3.8) is 0 Å². The molecule has 0 atom stereocenters. The van der Waals surface area contributed by atoms with Crippen LogP contribution in [0.3, 0.4) is 0 Å². The van der Waals surface area contributed by atoms with Crippen molar-refractivity contribution in [3.8, 4) is 78.1 Å². The molecule has 10 heteroatoms. The van der Waals surface area contributed by atoms with E-state index in [0.717, 1.165) is 87.3 Å². The van der Waals surface area contributed by atoms with Crippen LogP contribution in [0, 0.1) is 0 Å². The van der Waals surface area contributed by atoms with E-state index in [1.54, 1.807) is 17.4 Å². The standard InChI is InChI=1S/C46H28N2S.C24H17BO2S.C22H13BrN2/c1-2-12-29(13-3-1)34-22-10-24-40-41-25-11-23-35(46(41)49-45(34)40)32-16-8-14-30(26-32)31-15-9-17-33(27-31)42-28-47-43-38-20-6-4-18-36(38)37-19-5-7-21-39(37)44(43)48-42;26-25(27)18-10-4-9-17(15-18)20-12-6-14-22-21-13-5-11-19(23(21)28-24(20)22)16-7-2-1-3-8-16;23-15-7-5-6-14(12-15)20-13-24-21-18-10-3-1-8-16(18)17-9-2-4-11-19(17)22(21)25-20/h1-28H;1-15,26-27H;1-13H. The molecular weight excluding hydrogens is 1350 g/mol. The number of hydrogen-bond acceptors (Lipinski definition) is 8. The summed E-state index contributed by atoms with van der Waals surface area (Å²) >= 11 is 7.22. The highest BCUT2D eigenvalue weighted by Gasteiger charge is 2.20. The second-order valence-electron chi connectivity index (χ2n) is 25.4. The fourth-order valence-electron chi connectivity index (χ4n) is 14.5. The largest absolute Gasteiger partial charge is 0.488 e. The molecular formula is C92H58BBrN4O2S2. The summed E-state index contributed by atoms with van der Waals surface area (Å²) in [6, 6.07) is 114. The average molecular weight is 1410 g/mol. The highest BCUT2D eigenvalue weighted by Crippen LogP contribution is 2.47. The third-order valence-corrected chi connectivity index (χ3v) is 22.4. The van der Waals surface area contributed by atoms with Gasteiger partial charge in [0.15, 0.2) is 0 Å². The fraction of sp³-hybridized carbons (Fsp3) is 0. The number of halogens is 1. The van der Waals surface area contributed by atoms with Gasteiger partial charge in [0.25, 0.3) is 0 Å². The first-order valence-electron chi connectivity index (χ1n) is 33.9. The van der Waals surface area contributed by atoms with E-state index in [1.807, 2.05) is 60.1 Å². The summed E-state index contributed by atoms with van der Waals surface area (Å²) in [5, 5.41) is 33.6. The SMILES string of the molecule is Brc1cccc(-c2cnc3c4ccccc4c4ccccc4c3n2)c1.OB(O)c1cccc(-c2cccc3c2sc2c(-c4ccccc4)cccc23)c1.c1ccc(-c2cccc3c2sc2c(-c4cccc(-c5cccc(-c6cnc7c8ccccc8c8ccccc8c7n6)c5)c4)cccc23)cc1. The molecule has 0 saturated carbocycles. The first-order chi connectivity index (χ1) is 50.3. The van der Waals surface area contributed by atoms with E-state index in [2.05, 4.69) is 301 Å². The summed E-state index contributed by atoms with van der Waals surface area (Å²) in [5.74, 6) is 0. The van der Waals surface area contributed by atoms with Crippen LogP contribution in [0.1, 0.15) is 0 Å². The third kappa shape index (κ3) is 11.4. The fourth-order valence-corrected chi connectivity index (χ4v) is 17.7. The molecule has 0 bridgehead atoms. The Bertz CT molecular complexity index is 6590. The van der Waals surface area contributed by atoms with Gasteiger partial charge < -0.3 is 10.0 Å². The molecule has 4 aromatic heterocycles. The Labute approximate surface area is 604 Å². The van der Waals surface area contributed by atoms with E-state index in [1.165, 1.54) is 101 Å². The van der Waals surface area contributed by atoms with Gasteiger partial charge in [0.05, 0.1) is 45.8 Å². The first-order valence-corrected chi connectivity index (χ1v) is 36.3. The molecule has 0 aliphatic carbocycles. The van der Waals surface area contributed by atoms with Crippen molar-refractivity contribution in [1.29, 1.82) is 0 Å². The summed E-state index contributed by atoms with van der Waals surface area (Å²) < 4.78 is 6.17. The van der Waals surface area contributed by atoms with E-state index in [-0.39, 0.29) is 0 Å². The zero-order chi connectivity index (χ0) is 68.2. The summed E-state index contributed by atoms with van der Waals surface area (Å²) in [6.07, 6.45) is 3.79. The molecule has 0 spiro atoms. The Hall–Kier alpha value is -11.9. The maximum absolute atomic E-state index is 9.54. The van der Waals surface area contributed by atoms with Crippen LogP contribution in [-0.2, 0) is 0 Å². The zero-order valence-electron chi connectivity index (χ0n) is 54.8. The molecule has 0 unspecified atom stereocenters. The number of aromatic nitrogens is 4. The quantitative estimate of drug-likeness (QED) is 0.116. The molecule has 20 aromatic rings. The van der Waals surface area contributed by atoms with Gasteiger partial charge in [-0.2, -0.15) is 0 Å². The van der Waals surface area contributed by atoms with Gasteiger partial charge in [-0.1, -0.05) is 319 Å². The molecule has 0 radical (unpaired) electrons. The van der Waals surface area contributed by atoms with Gasteiger partial charge in [0.1, 0.15) is 0 Å². The lowest BCUT2D eigenvalue weighted by molar-refractivity contribution is 0.426. The molecule has 0 aliphatic rings. The van der Waals surface area contributed by atoms with E-state index in [9.17, 15) is 10.0 Å². The molecule has 2 N–H and O–H groups in total.